The van der Waals surface area contributed by atoms with E-state index in [2.05, 4.69) is 10.2 Å². The Hall–Kier alpha value is -1.75. The molecule has 0 aliphatic heterocycles. The van der Waals surface area contributed by atoms with Crippen LogP contribution in [0.25, 0.3) is 11.1 Å². The molecular formula is C9H7ClFN3O. The van der Waals surface area contributed by atoms with Crippen LogP contribution in [0.2, 0.25) is 5.02 Å². The van der Waals surface area contributed by atoms with Crippen molar-refractivity contribution in [2.45, 2.75) is 0 Å². The molecular weight excluding hydrogens is 221 g/mol. The Morgan fingerprint density at radius 1 is 1.47 bits per heavy atom. The van der Waals surface area contributed by atoms with Gasteiger partial charge in [0.15, 0.2) is 11.6 Å². The number of H-pyrrole nitrogens is 1. The van der Waals surface area contributed by atoms with E-state index < -0.39 is 11.6 Å². The summed E-state index contributed by atoms with van der Waals surface area (Å²) in [5, 5.41) is 15.3. The van der Waals surface area contributed by atoms with Gasteiger partial charge in [-0.05, 0) is 17.7 Å². The van der Waals surface area contributed by atoms with Crippen molar-refractivity contribution in [1.82, 2.24) is 10.2 Å². The van der Waals surface area contributed by atoms with Crippen LogP contribution in [0.3, 0.4) is 0 Å². The average Bonchev–Trinajstić information content (AvgIpc) is 2.60. The molecule has 2 aromatic rings. The van der Waals surface area contributed by atoms with Crippen LogP contribution in [0, 0.1) is 5.82 Å². The number of aromatic amines is 1. The number of rotatable bonds is 1. The number of halogens is 2. The van der Waals surface area contributed by atoms with Gasteiger partial charge in [-0.2, -0.15) is 5.10 Å². The number of aromatic nitrogens is 2. The van der Waals surface area contributed by atoms with E-state index in [4.69, 9.17) is 22.4 Å². The molecule has 0 bridgehead atoms. The van der Waals surface area contributed by atoms with Crippen LogP contribution in [0.5, 0.6) is 5.75 Å². The monoisotopic (exact) mass is 227 g/mol. The van der Waals surface area contributed by atoms with Crippen molar-refractivity contribution in [2.24, 2.45) is 0 Å². The first-order valence-corrected chi connectivity index (χ1v) is 4.44. The maximum Gasteiger partial charge on any atom is 0.170 e. The van der Waals surface area contributed by atoms with E-state index in [0.717, 1.165) is 6.07 Å². The molecule has 0 fully saturated rings. The summed E-state index contributed by atoms with van der Waals surface area (Å²) in [5.41, 5.74) is 6.56. The highest BCUT2D eigenvalue weighted by atomic mass is 35.5. The molecule has 0 unspecified atom stereocenters. The number of nitrogens with two attached hydrogens (primary N) is 1. The molecule has 0 aliphatic rings. The quantitative estimate of drug-likeness (QED) is 0.699. The summed E-state index contributed by atoms with van der Waals surface area (Å²) in [4.78, 5) is 0. The summed E-state index contributed by atoms with van der Waals surface area (Å²) in [5.74, 6) is -1.04. The van der Waals surface area contributed by atoms with Crippen molar-refractivity contribution in [3.8, 4) is 16.9 Å². The Labute approximate surface area is 89.5 Å². The Kier molecular flexibility index (Phi) is 2.24. The molecule has 2 rings (SSSR count). The number of hydrogen-bond acceptors (Lipinski definition) is 3. The van der Waals surface area contributed by atoms with Gasteiger partial charge >= 0.3 is 0 Å². The van der Waals surface area contributed by atoms with Crippen LogP contribution in [-0.2, 0) is 0 Å². The van der Waals surface area contributed by atoms with Crippen molar-refractivity contribution in [3.63, 3.8) is 0 Å². The summed E-state index contributed by atoms with van der Waals surface area (Å²) >= 11 is 5.63. The van der Waals surface area contributed by atoms with Crippen LogP contribution < -0.4 is 5.73 Å². The van der Waals surface area contributed by atoms with E-state index in [0.29, 0.717) is 16.9 Å². The number of phenolic OH excluding ortho intramolecular Hbond substituents is 1. The third-order valence-corrected chi connectivity index (χ3v) is 2.28. The van der Waals surface area contributed by atoms with Gasteiger partial charge in [-0.25, -0.2) is 4.39 Å². The van der Waals surface area contributed by atoms with E-state index in [1.165, 1.54) is 12.3 Å². The molecule has 0 saturated carbocycles. The van der Waals surface area contributed by atoms with Crippen molar-refractivity contribution in [1.29, 1.82) is 0 Å². The molecule has 4 N–H and O–H groups in total. The number of anilines is 1. The number of hydrogen-bond donors (Lipinski definition) is 3. The number of nitrogens with zero attached hydrogens (tertiary/aromatic N) is 1. The molecule has 78 valence electrons. The van der Waals surface area contributed by atoms with Gasteiger partial charge in [-0.15, -0.1) is 0 Å². The Morgan fingerprint density at radius 3 is 2.73 bits per heavy atom. The lowest BCUT2D eigenvalue weighted by Gasteiger charge is -2.03. The fourth-order valence-corrected chi connectivity index (χ4v) is 1.46. The van der Waals surface area contributed by atoms with Crippen LogP contribution in [0.4, 0.5) is 10.2 Å². The van der Waals surface area contributed by atoms with Crippen molar-refractivity contribution in [2.75, 3.05) is 5.73 Å². The van der Waals surface area contributed by atoms with E-state index in [-0.39, 0.29) is 5.02 Å². The third kappa shape index (κ3) is 1.61. The van der Waals surface area contributed by atoms with Gasteiger partial charge < -0.3 is 10.8 Å². The summed E-state index contributed by atoms with van der Waals surface area (Å²) in [6.45, 7) is 0. The van der Waals surface area contributed by atoms with Gasteiger partial charge in [0.2, 0.25) is 0 Å². The van der Waals surface area contributed by atoms with Crippen LogP contribution in [-0.4, -0.2) is 15.3 Å². The Morgan fingerprint density at radius 2 is 2.20 bits per heavy atom. The second-order valence-corrected chi connectivity index (χ2v) is 3.39. The van der Waals surface area contributed by atoms with Crippen LogP contribution in [0.15, 0.2) is 18.3 Å². The van der Waals surface area contributed by atoms with Crippen molar-refractivity contribution in [3.05, 3.63) is 29.2 Å². The molecule has 1 aromatic carbocycles. The van der Waals surface area contributed by atoms with Gasteiger partial charge in [0.1, 0.15) is 5.82 Å². The van der Waals surface area contributed by atoms with Crippen LogP contribution in [0.1, 0.15) is 0 Å². The third-order valence-electron chi connectivity index (χ3n) is 2.00. The summed E-state index contributed by atoms with van der Waals surface area (Å²) in [7, 11) is 0. The molecule has 0 aliphatic carbocycles. The minimum Gasteiger partial charge on any atom is -0.504 e. The largest absolute Gasteiger partial charge is 0.504 e. The van der Waals surface area contributed by atoms with E-state index in [1.807, 2.05) is 0 Å². The first kappa shape index (κ1) is 9.79. The zero-order chi connectivity index (χ0) is 11.0. The molecule has 1 heterocycles. The second kappa shape index (κ2) is 3.43. The molecule has 0 saturated heterocycles. The Balaban J connectivity index is 2.60. The van der Waals surface area contributed by atoms with Gasteiger partial charge in [-0.1, -0.05) is 11.6 Å². The zero-order valence-electron chi connectivity index (χ0n) is 7.46. The molecule has 0 spiro atoms. The summed E-state index contributed by atoms with van der Waals surface area (Å²) in [6.07, 6.45) is 1.46. The zero-order valence-corrected chi connectivity index (χ0v) is 8.22. The predicted molar refractivity (Wildman–Crippen MR) is 55.1 cm³/mol. The topological polar surface area (TPSA) is 74.9 Å². The number of nitrogens with one attached hydrogen (secondary N) is 1. The molecule has 6 heteroatoms. The highest BCUT2D eigenvalue weighted by molar-refractivity contribution is 6.32. The number of aromatic hydroxyl groups is 1. The fraction of sp³-hybridized carbons (Fsp3) is 0. The normalized spacial score (nSPS) is 10.5. The SMILES string of the molecule is Nc1[nH]ncc1-c1cc(F)c(O)c(Cl)c1. The highest BCUT2D eigenvalue weighted by Gasteiger charge is 2.11. The fourth-order valence-electron chi connectivity index (χ4n) is 1.25. The van der Waals surface area contributed by atoms with Gasteiger partial charge in [0.25, 0.3) is 0 Å². The van der Waals surface area contributed by atoms with Crippen molar-refractivity contribution < 1.29 is 9.50 Å². The lowest BCUT2D eigenvalue weighted by atomic mass is 10.1. The number of benzene rings is 1. The number of phenols is 1. The standard InChI is InChI=1S/C9H7ClFN3O/c10-6-1-4(2-7(11)8(6)15)5-3-13-14-9(5)12/h1-3,15H,(H3,12,13,14). The molecule has 0 atom stereocenters. The lowest BCUT2D eigenvalue weighted by molar-refractivity contribution is 0.433. The number of nitrogen functional groups attached to an aromatic ring is 1. The first-order valence-electron chi connectivity index (χ1n) is 4.07. The smallest absolute Gasteiger partial charge is 0.170 e. The van der Waals surface area contributed by atoms with E-state index >= 15 is 0 Å². The maximum absolute atomic E-state index is 13.2. The van der Waals surface area contributed by atoms with E-state index in [9.17, 15) is 4.39 Å². The predicted octanol–water partition coefficient (Wildman–Crippen LogP) is 2.16. The van der Waals surface area contributed by atoms with Crippen LogP contribution >= 0.6 is 11.6 Å². The first-order chi connectivity index (χ1) is 7.09. The van der Waals surface area contributed by atoms with Gasteiger partial charge in [-0.3, -0.25) is 5.10 Å². The highest BCUT2D eigenvalue weighted by Crippen LogP contribution is 2.33. The van der Waals surface area contributed by atoms with Gasteiger partial charge in [0.05, 0.1) is 11.2 Å². The lowest BCUT2D eigenvalue weighted by Crippen LogP contribution is -1.88. The molecule has 0 amide bonds. The molecule has 1 aromatic heterocycles. The summed E-state index contributed by atoms with van der Waals surface area (Å²) < 4.78 is 13.2. The van der Waals surface area contributed by atoms with Gasteiger partial charge in [0, 0.05) is 5.56 Å². The minimum absolute atomic E-state index is 0.0643. The second-order valence-electron chi connectivity index (χ2n) is 2.99. The van der Waals surface area contributed by atoms with Crippen molar-refractivity contribution >= 4 is 17.4 Å². The molecule has 4 nitrogen and oxygen atoms in total. The average molecular weight is 228 g/mol. The molecule has 15 heavy (non-hydrogen) atoms. The Bertz CT molecular complexity index is 489. The molecule has 0 radical (unpaired) electrons. The maximum atomic E-state index is 13.2. The summed E-state index contributed by atoms with van der Waals surface area (Å²) in [6, 6.07) is 2.56. The minimum atomic E-state index is -0.793. The van der Waals surface area contributed by atoms with E-state index in [1.54, 1.807) is 0 Å².